The number of aliphatic imine (C=N–C) groups is 2. The van der Waals surface area contributed by atoms with Crippen molar-refractivity contribution in [1.82, 2.24) is 0 Å². The number of nitrogens with zero attached hydrogens (tertiary/aromatic N) is 2. The summed E-state index contributed by atoms with van der Waals surface area (Å²) in [6.07, 6.45) is -6.36. The first-order valence-corrected chi connectivity index (χ1v) is 21.1. The van der Waals surface area contributed by atoms with Gasteiger partial charge in [0.1, 0.15) is 11.5 Å². The maximum atomic E-state index is 13.8. The van der Waals surface area contributed by atoms with Gasteiger partial charge in [0.25, 0.3) is 0 Å². The van der Waals surface area contributed by atoms with Gasteiger partial charge in [-0.25, -0.2) is 0 Å². The highest BCUT2D eigenvalue weighted by molar-refractivity contribution is 9.08. The molecule has 2 saturated carbocycles. The highest BCUT2D eigenvalue weighted by Gasteiger charge is 2.37. The standard InChI is InChI=1S/C25H29BrF3NO.C25H30F3NO2/c1-3-18-13-20(9-10-21(18)15-26)17(2)30-16-31-22-11-12-23(19-7-5-4-6-8-19)24(14-22)25(27,28)29;1-3-18-13-20(9-10-21(18)15-30)17(2)29-16-31-22-11-12-23(19-7-5-4-6-8-19)24(14-22)25(26,27)28/h9-14,19H,3-8,15-16H2,1-2H3;9-14,19,30H,3-8,15-16H2,1-2H3/i2*1D3,3D2,15D2. The lowest BCUT2D eigenvalue weighted by Crippen LogP contribution is -2.14. The van der Waals surface area contributed by atoms with E-state index in [1.165, 1.54) is 55.5 Å². The van der Waals surface area contributed by atoms with Gasteiger partial charge in [-0.1, -0.05) is 105 Å². The Kier molecular flexibility index (Phi) is 12.0. The van der Waals surface area contributed by atoms with Gasteiger partial charge in [0, 0.05) is 33.2 Å². The number of benzene rings is 4. The fourth-order valence-electron chi connectivity index (χ4n) is 7.80. The molecule has 0 saturated heterocycles. The van der Waals surface area contributed by atoms with Crippen molar-refractivity contribution in [3.63, 3.8) is 0 Å². The van der Waals surface area contributed by atoms with E-state index in [0.717, 1.165) is 75.6 Å². The van der Waals surface area contributed by atoms with Crippen LogP contribution < -0.4 is 9.47 Å². The number of aliphatic hydroxyl groups is 1. The molecule has 0 aromatic heterocycles. The average Bonchev–Trinajstić information content (AvgIpc) is 3.32. The Morgan fingerprint density at radius 2 is 1.05 bits per heavy atom. The Hall–Kier alpha value is -4.16. The Morgan fingerprint density at radius 1 is 0.629 bits per heavy atom. The molecule has 4 aromatic carbocycles. The van der Waals surface area contributed by atoms with E-state index in [9.17, 15) is 31.4 Å². The molecule has 2 aliphatic carbocycles. The van der Waals surface area contributed by atoms with Gasteiger partial charge in [0.15, 0.2) is 13.5 Å². The van der Waals surface area contributed by atoms with E-state index in [0.29, 0.717) is 24.1 Å². The number of ether oxygens (including phenoxy) is 2. The van der Waals surface area contributed by atoms with Crippen LogP contribution in [0, 0.1) is 0 Å². The number of alkyl halides is 7. The van der Waals surface area contributed by atoms with Gasteiger partial charge in [-0.15, -0.1) is 0 Å². The predicted octanol–water partition coefficient (Wildman–Crippen LogP) is 14.7. The summed E-state index contributed by atoms with van der Waals surface area (Å²) in [5.41, 5.74) is -1.42. The second-order valence-electron chi connectivity index (χ2n) is 15.2. The molecule has 2 aliphatic rings. The molecule has 0 heterocycles. The van der Waals surface area contributed by atoms with Gasteiger partial charge < -0.3 is 14.6 Å². The molecule has 12 heteroatoms. The van der Waals surface area contributed by atoms with Crippen LogP contribution in [0.15, 0.2) is 82.8 Å². The molecule has 2 fully saturated rings. The third-order valence-electron chi connectivity index (χ3n) is 11.2. The fraction of sp³-hybridized carbons (Fsp3) is 0.480. The zero-order valence-corrected chi connectivity index (χ0v) is 36.0. The Balaban J connectivity index is 0.000000281. The fourth-order valence-corrected chi connectivity index (χ4v) is 8.14. The number of halogens is 7. The largest absolute Gasteiger partial charge is 0.471 e. The lowest BCUT2D eigenvalue weighted by Gasteiger charge is -2.25. The summed E-state index contributed by atoms with van der Waals surface area (Å²) < 4.78 is 202. The van der Waals surface area contributed by atoms with E-state index in [-0.39, 0.29) is 70.3 Å². The topological polar surface area (TPSA) is 63.4 Å². The van der Waals surface area contributed by atoms with Crippen molar-refractivity contribution in [2.24, 2.45) is 9.98 Å². The van der Waals surface area contributed by atoms with Crippen LogP contribution in [0.4, 0.5) is 26.3 Å². The summed E-state index contributed by atoms with van der Waals surface area (Å²) >= 11 is 2.83. The zero-order valence-electron chi connectivity index (χ0n) is 48.4. The van der Waals surface area contributed by atoms with Gasteiger partial charge >= 0.3 is 12.4 Å². The van der Waals surface area contributed by atoms with Gasteiger partial charge in [-0.2, -0.15) is 26.3 Å². The van der Waals surface area contributed by atoms with Crippen molar-refractivity contribution in [2.75, 3.05) is 13.5 Å². The highest BCUT2D eigenvalue weighted by atomic mass is 79.9. The summed E-state index contributed by atoms with van der Waals surface area (Å²) in [6, 6.07) is 15.3. The minimum absolute atomic E-state index is 0.00990. The average molecular weight is 944 g/mol. The van der Waals surface area contributed by atoms with Gasteiger partial charge in [-0.05, 0) is 145 Å². The Labute approximate surface area is 390 Å². The van der Waals surface area contributed by atoms with Crippen LogP contribution in [0.5, 0.6) is 11.5 Å². The highest BCUT2D eigenvalue weighted by Crippen LogP contribution is 2.43. The lowest BCUT2D eigenvalue weighted by molar-refractivity contribution is -0.139. The third kappa shape index (κ3) is 13.4. The van der Waals surface area contributed by atoms with Crippen LogP contribution in [0.1, 0.15) is 178 Å². The summed E-state index contributed by atoms with van der Waals surface area (Å²) in [5, 5.41) is 7.64. The number of aryl methyl sites for hydroxylation is 2. The van der Waals surface area contributed by atoms with Gasteiger partial charge in [0.05, 0.1) is 20.4 Å². The van der Waals surface area contributed by atoms with Gasteiger partial charge in [-0.3, -0.25) is 9.98 Å². The van der Waals surface area contributed by atoms with E-state index in [1.807, 2.05) is 0 Å². The van der Waals surface area contributed by atoms with Crippen LogP contribution in [0.25, 0.3) is 0 Å². The molecule has 5 nitrogen and oxygen atoms in total. The summed E-state index contributed by atoms with van der Waals surface area (Å²) in [4.78, 5) is 8.38. The molecule has 62 heavy (non-hydrogen) atoms. The van der Waals surface area contributed by atoms with E-state index in [2.05, 4.69) is 25.9 Å². The first-order valence-electron chi connectivity index (χ1n) is 27.3. The number of hydrogen-bond acceptors (Lipinski definition) is 5. The van der Waals surface area contributed by atoms with E-state index < -0.39 is 72.9 Å². The maximum Gasteiger partial charge on any atom is 0.416 e. The van der Waals surface area contributed by atoms with E-state index in [1.54, 1.807) is 6.92 Å². The van der Waals surface area contributed by atoms with Gasteiger partial charge in [0.2, 0.25) is 0 Å². The van der Waals surface area contributed by atoms with Crippen LogP contribution in [-0.4, -0.2) is 30.0 Å². The van der Waals surface area contributed by atoms with Crippen molar-refractivity contribution >= 4 is 27.4 Å². The molecule has 0 atom stereocenters. The van der Waals surface area contributed by atoms with Crippen LogP contribution in [0.2, 0.25) is 0 Å². The van der Waals surface area contributed by atoms with E-state index in [4.69, 9.17) is 28.7 Å². The van der Waals surface area contributed by atoms with Crippen LogP contribution >= 0.6 is 15.9 Å². The molecular formula is C50H59BrF6N2O3. The molecule has 4 aromatic rings. The van der Waals surface area contributed by atoms with Crippen molar-refractivity contribution < 1.29 is 60.1 Å². The van der Waals surface area contributed by atoms with Crippen molar-refractivity contribution in [1.29, 1.82) is 0 Å². The Morgan fingerprint density at radius 3 is 1.44 bits per heavy atom. The third-order valence-corrected chi connectivity index (χ3v) is 11.6. The molecule has 336 valence electrons. The molecule has 0 spiro atoms. The predicted molar refractivity (Wildman–Crippen MR) is 240 cm³/mol. The monoisotopic (exact) mass is 942 g/mol. The van der Waals surface area contributed by atoms with Crippen LogP contribution in [0.3, 0.4) is 0 Å². The SMILES string of the molecule is [2H]C([2H])(Br)c1ccc(C(C)=NCOc2ccc(C3CCCCC3)c(C(F)(F)F)c2)cc1C([2H])([2H])C([2H])([2H])[2H].[2H]C([2H])(O)c1ccc(C(C)=NCOc2ccc(C3CCCCC3)c(C(F)(F)F)c2)cc1C([2H])([2H])C([2H])([2H])[2H]. The van der Waals surface area contributed by atoms with Crippen molar-refractivity contribution in [2.45, 2.75) is 141 Å². The molecule has 6 rings (SSSR count). The summed E-state index contributed by atoms with van der Waals surface area (Å²) in [7, 11) is 0. The molecule has 0 unspecified atom stereocenters. The number of hydrogen-bond donors (Lipinski definition) is 1. The lowest BCUT2D eigenvalue weighted by atomic mass is 9.82. The van der Waals surface area contributed by atoms with Crippen molar-refractivity contribution in [3.05, 3.63) is 128 Å². The molecule has 1 N–H and O–H groups in total. The molecule has 0 bridgehead atoms. The van der Waals surface area contributed by atoms with E-state index >= 15 is 0 Å². The van der Waals surface area contributed by atoms with Crippen LogP contribution in [-0.2, 0) is 36.9 Å². The maximum absolute atomic E-state index is 13.8. The minimum atomic E-state index is -4.54. The Bertz CT molecular complexity index is 2520. The molecule has 0 aliphatic heterocycles. The first-order chi connectivity index (χ1) is 34.9. The molecule has 0 radical (unpaired) electrons. The molecule has 0 amide bonds. The second kappa shape index (κ2) is 23.0. The summed E-state index contributed by atoms with van der Waals surface area (Å²) in [5.74, 6) is -0.283. The normalized spacial score (nSPS) is 20.5. The van der Waals surface area contributed by atoms with Crippen molar-refractivity contribution in [3.8, 4) is 11.5 Å². The molecular weight excluding hydrogens is 870 g/mol. The quantitative estimate of drug-likeness (QED) is 0.0778. The first kappa shape index (κ1) is 32.5. The zero-order chi connectivity index (χ0) is 57.0. The number of rotatable bonds is 14. The second-order valence-corrected chi connectivity index (χ2v) is 15.6. The smallest absolute Gasteiger partial charge is 0.416 e. The summed E-state index contributed by atoms with van der Waals surface area (Å²) in [6.45, 7) is -6.84. The minimum Gasteiger partial charge on any atom is -0.471 e.